The molecule has 2 N–H and O–H groups in total. The van der Waals surface area contributed by atoms with Crippen molar-refractivity contribution in [1.29, 1.82) is 0 Å². The Labute approximate surface area is 108 Å². The van der Waals surface area contributed by atoms with Crippen molar-refractivity contribution in [3.05, 3.63) is 29.8 Å². The number of rotatable bonds is 7. The number of para-hydroxylation sites is 1. The molecule has 0 aliphatic carbocycles. The second-order valence-corrected chi connectivity index (χ2v) is 4.64. The number of carboxylic acid groups (broad SMARTS) is 1. The maximum Gasteiger partial charge on any atom is 0.304 e. The highest BCUT2D eigenvalue weighted by Gasteiger charge is 2.16. The maximum absolute atomic E-state index is 10.8. The van der Waals surface area contributed by atoms with Crippen LogP contribution in [0.3, 0.4) is 0 Å². The highest BCUT2D eigenvalue weighted by Crippen LogP contribution is 2.17. The maximum atomic E-state index is 10.8. The van der Waals surface area contributed by atoms with Crippen LogP contribution in [0.5, 0.6) is 5.75 Å². The first-order valence-corrected chi connectivity index (χ1v) is 6.11. The minimum absolute atomic E-state index is 0.0348. The normalized spacial score (nSPS) is 12.4. The second-order valence-electron chi connectivity index (χ2n) is 4.64. The van der Waals surface area contributed by atoms with Crippen LogP contribution in [0.15, 0.2) is 24.3 Å². The van der Waals surface area contributed by atoms with E-state index in [9.17, 15) is 4.79 Å². The standard InChI is InChI=1S/C14H21NO3/c1-10(2)12(8-14(16)17)15-9-11-6-4-5-7-13(11)18-3/h4-7,10,12,15H,8-9H2,1-3H3,(H,16,17)/t12-/m1/s1. The lowest BCUT2D eigenvalue weighted by atomic mass is 10.0. The Bertz CT molecular complexity index is 390. The lowest BCUT2D eigenvalue weighted by Crippen LogP contribution is -2.35. The molecule has 1 atom stereocenters. The number of benzene rings is 1. The van der Waals surface area contributed by atoms with E-state index in [1.54, 1.807) is 7.11 Å². The molecule has 1 rings (SSSR count). The molecule has 4 heteroatoms. The van der Waals surface area contributed by atoms with Crippen LogP contribution in [-0.2, 0) is 11.3 Å². The van der Waals surface area contributed by atoms with Crippen LogP contribution in [0.1, 0.15) is 25.8 Å². The number of ether oxygens (including phenoxy) is 1. The predicted octanol–water partition coefficient (Wildman–Crippen LogP) is 2.28. The lowest BCUT2D eigenvalue weighted by molar-refractivity contribution is -0.137. The number of aliphatic carboxylic acids is 1. The fourth-order valence-corrected chi connectivity index (χ4v) is 1.82. The molecule has 0 aromatic heterocycles. The Morgan fingerprint density at radius 2 is 2.06 bits per heavy atom. The molecule has 0 unspecified atom stereocenters. The Morgan fingerprint density at radius 1 is 1.39 bits per heavy atom. The van der Waals surface area contributed by atoms with Crippen LogP contribution < -0.4 is 10.1 Å². The fourth-order valence-electron chi connectivity index (χ4n) is 1.82. The minimum atomic E-state index is -0.777. The minimum Gasteiger partial charge on any atom is -0.496 e. The molecule has 100 valence electrons. The number of carboxylic acids is 1. The van der Waals surface area contributed by atoms with E-state index in [0.717, 1.165) is 11.3 Å². The number of methoxy groups -OCH3 is 1. The van der Waals surface area contributed by atoms with Crippen LogP contribution in [-0.4, -0.2) is 24.2 Å². The third-order valence-corrected chi connectivity index (χ3v) is 2.95. The summed E-state index contributed by atoms with van der Waals surface area (Å²) in [6.07, 6.45) is 0.132. The molecule has 1 aromatic rings. The summed E-state index contributed by atoms with van der Waals surface area (Å²) in [5, 5.41) is 12.1. The summed E-state index contributed by atoms with van der Waals surface area (Å²) in [7, 11) is 1.63. The fraction of sp³-hybridized carbons (Fsp3) is 0.500. The van der Waals surface area contributed by atoms with Crippen molar-refractivity contribution >= 4 is 5.97 Å². The van der Waals surface area contributed by atoms with E-state index >= 15 is 0 Å². The molecule has 0 radical (unpaired) electrons. The number of hydrogen-bond donors (Lipinski definition) is 2. The zero-order valence-electron chi connectivity index (χ0n) is 11.1. The van der Waals surface area contributed by atoms with Gasteiger partial charge in [-0.3, -0.25) is 4.79 Å². The summed E-state index contributed by atoms with van der Waals surface area (Å²) in [6.45, 7) is 4.64. The summed E-state index contributed by atoms with van der Waals surface area (Å²) in [5.74, 6) is 0.319. The lowest BCUT2D eigenvalue weighted by Gasteiger charge is -2.21. The van der Waals surface area contributed by atoms with Gasteiger partial charge >= 0.3 is 5.97 Å². The molecular formula is C14H21NO3. The van der Waals surface area contributed by atoms with Crippen LogP contribution >= 0.6 is 0 Å². The predicted molar refractivity (Wildman–Crippen MR) is 70.7 cm³/mol. The van der Waals surface area contributed by atoms with E-state index in [4.69, 9.17) is 9.84 Å². The molecule has 0 saturated heterocycles. The van der Waals surface area contributed by atoms with Gasteiger partial charge in [0.2, 0.25) is 0 Å². The molecule has 0 spiro atoms. The molecule has 0 aliphatic rings. The van der Waals surface area contributed by atoms with Crippen molar-refractivity contribution in [2.24, 2.45) is 5.92 Å². The van der Waals surface area contributed by atoms with Crippen LogP contribution in [0.25, 0.3) is 0 Å². The smallest absolute Gasteiger partial charge is 0.304 e. The van der Waals surface area contributed by atoms with Crippen molar-refractivity contribution in [3.63, 3.8) is 0 Å². The van der Waals surface area contributed by atoms with Gasteiger partial charge in [0.15, 0.2) is 0 Å². The van der Waals surface area contributed by atoms with Gasteiger partial charge in [-0.1, -0.05) is 32.0 Å². The van der Waals surface area contributed by atoms with Crippen molar-refractivity contribution in [2.75, 3.05) is 7.11 Å². The number of carbonyl (C=O) groups is 1. The summed E-state index contributed by atoms with van der Waals surface area (Å²) >= 11 is 0. The van der Waals surface area contributed by atoms with Crippen molar-refractivity contribution in [3.8, 4) is 5.75 Å². The quantitative estimate of drug-likeness (QED) is 0.780. The average molecular weight is 251 g/mol. The third kappa shape index (κ3) is 4.37. The van der Waals surface area contributed by atoms with Gasteiger partial charge in [0.05, 0.1) is 13.5 Å². The number of nitrogens with one attached hydrogen (secondary N) is 1. The third-order valence-electron chi connectivity index (χ3n) is 2.95. The Morgan fingerprint density at radius 3 is 2.61 bits per heavy atom. The first kappa shape index (κ1) is 14.5. The first-order chi connectivity index (χ1) is 8.54. The zero-order valence-corrected chi connectivity index (χ0v) is 11.1. The molecule has 0 fully saturated rings. The van der Waals surface area contributed by atoms with Crippen LogP contribution in [0.2, 0.25) is 0 Å². The van der Waals surface area contributed by atoms with Crippen LogP contribution in [0, 0.1) is 5.92 Å². The summed E-state index contributed by atoms with van der Waals surface area (Å²) in [4.78, 5) is 10.8. The SMILES string of the molecule is COc1ccccc1CN[C@H](CC(=O)O)C(C)C. The van der Waals surface area contributed by atoms with Crippen LogP contribution in [0.4, 0.5) is 0 Å². The van der Waals surface area contributed by atoms with Gasteiger partial charge in [-0.2, -0.15) is 0 Å². The Hall–Kier alpha value is -1.55. The molecule has 0 heterocycles. The van der Waals surface area contributed by atoms with E-state index < -0.39 is 5.97 Å². The van der Waals surface area contributed by atoms with Gasteiger partial charge in [-0.15, -0.1) is 0 Å². The number of hydrogen-bond acceptors (Lipinski definition) is 3. The monoisotopic (exact) mass is 251 g/mol. The van der Waals surface area contributed by atoms with E-state index in [1.807, 2.05) is 38.1 Å². The summed E-state index contributed by atoms with van der Waals surface area (Å²) in [5.41, 5.74) is 1.04. The van der Waals surface area contributed by atoms with Crippen molar-refractivity contribution < 1.29 is 14.6 Å². The van der Waals surface area contributed by atoms with Gasteiger partial charge < -0.3 is 15.2 Å². The van der Waals surface area contributed by atoms with Crippen molar-refractivity contribution in [2.45, 2.75) is 32.9 Å². The Balaban J connectivity index is 2.63. The molecule has 0 aliphatic heterocycles. The zero-order chi connectivity index (χ0) is 13.5. The molecular weight excluding hydrogens is 230 g/mol. The summed E-state index contributed by atoms with van der Waals surface area (Å²) < 4.78 is 5.26. The molecule has 4 nitrogen and oxygen atoms in total. The van der Waals surface area contributed by atoms with E-state index in [-0.39, 0.29) is 18.4 Å². The van der Waals surface area contributed by atoms with E-state index in [1.165, 1.54) is 0 Å². The van der Waals surface area contributed by atoms with Gasteiger partial charge in [0, 0.05) is 18.2 Å². The highest BCUT2D eigenvalue weighted by molar-refractivity contribution is 5.67. The van der Waals surface area contributed by atoms with Gasteiger partial charge in [0.1, 0.15) is 5.75 Å². The van der Waals surface area contributed by atoms with Gasteiger partial charge in [-0.25, -0.2) is 0 Å². The van der Waals surface area contributed by atoms with Gasteiger partial charge in [-0.05, 0) is 12.0 Å². The largest absolute Gasteiger partial charge is 0.496 e. The first-order valence-electron chi connectivity index (χ1n) is 6.11. The molecule has 0 amide bonds. The van der Waals surface area contributed by atoms with E-state index in [2.05, 4.69) is 5.32 Å². The molecule has 0 saturated carbocycles. The summed E-state index contributed by atoms with van der Waals surface area (Å²) in [6, 6.07) is 7.70. The van der Waals surface area contributed by atoms with Gasteiger partial charge in [0.25, 0.3) is 0 Å². The highest BCUT2D eigenvalue weighted by atomic mass is 16.5. The molecule has 1 aromatic carbocycles. The van der Waals surface area contributed by atoms with Crippen molar-refractivity contribution in [1.82, 2.24) is 5.32 Å². The van der Waals surface area contributed by atoms with E-state index in [0.29, 0.717) is 6.54 Å². The second kappa shape index (κ2) is 7.01. The average Bonchev–Trinajstić information content (AvgIpc) is 2.34. The molecule has 0 bridgehead atoms. The molecule has 18 heavy (non-hydrogen) atoms. The Kier molecular flexibility index (Phi) is 5.65. The topological polar surface area (TPSA) is 58.6 Å².